The lowest BCUT2D eigenvalue weighted by atomic mass is 9.91. The molecule has 5 rings (SSSR count). The maximum atomic E-state index is 13.3. The van der Waals surface area contributed by atoms with Crippen LogP contribution in [0.15, 0.2) is 60.0 Å². The summed E-state index contributed by atoms with van der Waals surface area (Å²) < 4.78 is 2.94. The number of carbonyl (C=O) groups is 2. The Morgan fingerprint density at radius 1 is 1.10 bits per heavy atom. The first-order valence-electron chi connectivity index (χ1n) is 12.6. The molecule has 0 aliphatic carbocycles. The minimum absolute atomic E-state index is 0.0721. The van der Waals surface area contributed by atoms with E-state index in [1.54, 1.807) is 61.3 Å². The van der Waals surface area contributed by atoms with Crippen LogP contribution in [0.25, 0.3) is 27.8 Å². The summed E-state index contributed by atoms with van der Waals surface area (Å²) in [7, 11) is 4.97. The second-order valence-electron chi connectivity index (χ2n) is 9.95. The molecule has 0 spiro atoms. The van der Waals surface area contributed by atoms with Crippen molar-refractivity contribution in [1.29, 1.82) is 0 Å². The standard InChI is InChI=1S/C27H30N8O4/c1-28-24(36)19-6-4-5-18(11-19)20-12-21(14-29-13-20)35-23-22(15-31-35)25(37)34(17-30-23)16-27(39)7-9-33(10-8-27)26(38)32(2)3/h4-6,11-15,17,39H,7-10,16H2,1-3H3,(H,28,36). The molecule has 1 aromatic carbocycles. The average molecular weight is 531 g/mol. The van der Waals surface area contributed by atoms with Crippen molar-refractivity contribution in [2.24, 2.45) is 0 Å². The lowest BCUT2D eigenvalue weighted by molar-refractivity contribution is -0.0282. The molecule has 12 heteroatoms. The number of hydrogen-bond acceptors (Lipinski definition) is 7. The van der Waals surface area contributed by atoms with Crippen LogP contribution < -0.4 is 10.9 Å². The molecule has 0 atom stereocenters. The highest BCUT2D eigenvalue weighted by Crippen LogP contribution is 2.26. The number of carbonyl (C=O) groups excluding carboxylic acids is 2. The Kier molecular flexibility index (Phi) is 6.87. The van der Waals surface area contributed by atoms with Crippen LogP contribution in [0.2, 0.25) is 0 Å². The van der Waals surface area contributed by atoms with Gasteiger partial charge in [0.1, 0.15) is 11.7 Å². The summed E-state index contributed by atoms with van der Waals surface area (Å²) in [5.74, 6) is -0.184. The van der Waals surface area contributed by atoms with Gasteiger partial charge in [-0.3, -0.25) is 19.1 Å². The molecule has 4 heterocycles. The normalized spacial score (nSPS) is 14.8. The summed E-state index contributed by atoms with van der Waals surface area (Å²) in [4.78, 5) is 49.6. The first-order valence-corrected chi connectivity index (χ1v) is 12.6. The topological polar surface area (TPSA) is 138 Å². The molecule has 12 nitrogen and oxygen atoms in total. The number of pyridine rings is 1. The van der Waals surface area contributed by atoms with Crippen LogP contribution in [-0.2, 0) is 6.54 Å². The van der Waals surface area contributed by atoms with E-state index < -0.39 is 5.60 Å². The summed E-state index contributed by atoms with van der Waals surface area (Å²) in [6, 6.07) is 8.97. The Labute approximate surface area is 224 Å². The Balaban J connectivity index is 1.40. The first-order chi connectivity index (χ1) is 18.7. The van der Waals surface area contributed by atoms with Gasteiger partial charge in [-0.2, -0.15) is 5.10 Å². The predicted octanol–water partition coefficient (Wildman–Crippen LogP) is 1.51. The van der Waals surface area contributed by atoms with Crippen molar-refractivity contribution >= 4 is 23.0 Å². The number of hydrogen-bond donors (Lipinski definition) is 2. The monoisotopic (exact) mass is 530 g/mol. The Bertz CT molecular complexity index is 1600. The molecule has 4 aromatic rings. The summed E-state index contributed by atoms with van der Waals surface area (Å²) in [5.41, 5.74) is 1.65. The zero-order chi connectivity index (χ0) is 27.7. The Hall–Kier alpha value is -4.58. The van der Waals surface area contributed by atoms with Crippen LogP contribution in [0.1, 0.15) is 23.2 Å². The second kappa shape index (κ2) is 10.3. The van der Waals surface area contributed by atoms with Crippen molar-refractivity contribution in [3.63, 3.8) is 0 Å². The molecule has 2 N–H and O–H groups in total. The van der Waals surface area contributed by atoms with Crippen molar-refractivity contribution in [3.05, 3.63) is 71.2 Å². The zero-order valence-electron chi connectivity index (χ0n) is 22.0. The van der Waals surface area contributed by atoms with E-state index in [-0.39, 0.29) is 24.0 Å². The minimum atomic E-state index is -1.13. The smallest absolute Gasteiger partial charge is 0.319 e. The first kappa shape index (κ1) is 26.0. The number of urea groups is 1. The Morgan fingerprint density at radius 2 is 1.87 bits per heavy atom. The van der Waals surface area contributed by atoms with Crippen LogP contribution >= 0.6 is 0 Å². The van der Waals surface area contributed by atoms with Gasteiger partial charge in [-0.1, -0.05) is 12.1 Å². The van der Waals surface area contributed by atoms with Gasteiger partial charge in [-0.05, 0) is 36.6 Å². The molecule has 0 unspecified atom stereocenters. The highest BCUT2D eigenvalue weighted by molar-refractivity contribution is 5.95. The summed E-state index contributed by atoms with van der Waals surface area (Å²) in [5, 5.41) is 18.5. The van der Waals surface area contributed by atoms with E-state index in [2.05, 4.69) is 20.4 Å². The number of nitrogens with one attached hydrogen (secondary N) is 1. The molecular formula is C27H30N8O4. The predicted molar refractivity (Wildman–Crippen MR) is 145 cm³/mol. The van der Waals surface area contributed by atoms with E-state index in [1.807, 2.05) is 12.1 Å². The molecular weight excluding hydrogens is 500 g/mol. The van der Waals surface area contributed by atoms with Crippen molar-refractivity contribution in [1.82, 2.24) is 39.4 Å². The highest BCUT2D eigenvalue weighted by Gasteiger charge is 2.35. The van der Waals surface area contributed by atoms with Gasteiger partial charge in [0.15, 0.2) is 5.65 Å². The van der Waals surface area contributed by atoms with E-state index >= 15 is 0 Å². The van der Waals surface area contributed by atoms with Crippen LogP contribution in [0, 0.1) is 0 Å². The fourth-order valence-corrected chi connectivity index (χ4v) is 4.81. The van der Waals surface area contributed by atoms with Gasteiger partial charge >= 0.3 is 6.03 Å². The fourth-order valence-electron chi connectivity index (χ4n) is 4.81. The zero-order valence-corrected chi connectivity index (χ0v) is 22.0. The van der Waals surface area contributed by atoms with E-state index in [4.69, 9.17) is 0 Å². The molecule has 1 fully saturated rings. The molecule has 0 bridgehead atoms. The molecule has 3 amide bonds. The van der Waals surface area contributed by atoms with Crippen LogP contribution in [0.5, 0.6) is 0 Å². The van der Waals surface area contributed by atoms with E-state index in [1.165, 1.54) is 22.0 Å². The van der Waals surface area contributed by atoms with Crippen molar-refractivity contribution in [2.75, 3.05) is 34.2 Å². The highest BCUT2D eigenvalue weighted by atomic mass is 16.3. The number of amides is 3. The lowest BCUT2D eigenvalue weighted by Gasteiger charge is -2.39. The van der Waals surface area contributed by atoms with Crippen molar-refractivity contribution < 1.29 is 14.7 Å². The van der Waals surface area contributed by atoms with E-state index in [0.717, 1.165) is 11.1 Å². The summed E-state index contributed by atoms with van der Waals surface area (Å²) in [6.45, 7) is 0.888. The molecule has 1 saturated heterocycles. The van der Waals surface area contributed by atoms with Gasteiger partial charge in [0.2, 0.25) is 0 Å². The third-order valence-electron chi connectivity index (χ3n) is 7.02. The van der Waals surface area contributed by atoms with Crippen LogP contribution in [0.4, 0.5) is 4.79 Å². The number of likely N-dealkylation sites (tertiary alicyclic amines) is 1. The third kappa shape index (κ3) is 5.10. The van der Waals surface area contributed by atoms with Gasteiger partial charge in [0, 0.05) is 51.6 Å². The second-order valence-corrected chi connectivity index (χ2v) is 9.95. The summed E-state index contributed by atoms with van der Waals surface area (Å²) >= 11 is 0. The molecule has 0 radical (unpaired) electrons. The number of fused-ring (bicyclic) bond motifs is 1. The SMILES string of the molecule is CNC(=O)c1cccc(-c2cncc(-n3ncc4c(=O)n(CC5(O)CCN(C(=O)N(C)C)CC5)cnc43)c2)c1. The maximum Gasteiger partial charge on any atom is 0.319 e. The summed E-state index contributed by atoms with van der Waals surface area (Å²) in [6.07, 6.45) is 6.91. The molecule has 3 aromatic heterocycles. The maximum absolute atomic E-state index is 13.3. The lowest BCUT2D eigenvalue weighted by Crippen LogP contribution is -2.51. The fraction of sp³-hybridized carbons (Fsp3) is 0.333. The third-order valence-corrected chi connectivity index (χ3v) is 7.02. The number of nitrogens with zero attached hydrogens (tertiary/aromatic N) is 7. The van der Waals surface area contributed by atoms with Crippen molar-refractivity contribution in [2.45, 2.75) is 25.0 Å². The average Bonchev–Trinajstić information content (AvgIpc) is 3.39. The van der Waals surface area contributed by atoms with Gasteiger partial charge in [-0.25, -0.2) is 14.5 Å². The molecule has 0 saturated carbocycles. The number of aromatic nitrogens is 5. The molecule has 1 aliphatic rings. The number of aliphatic hydroxyl groups is 1. The number of piperidine rings is 1. The Morgan fingerprint density at radius 3 is 2.59 bits per heavy atom. The molecule has 1 aliphatic heterocycles. The van der Waals surface area contributed by atoms with E-state index in [0.29, 0.717) is 48.2 Å². The van der Waals surface area contributed by atoms with Gasteiger partial charge in [0.05, 0.1) is 30.2 Å². The van der Waals surface area contributed by atoms with E-state index in [9.17, 15) is 19.5 Å². The minimum Gasteiger partial charge on any atom is -0.388 e. The van der Waals surface area contributed by atoms with Gasteiger partial charge in [-0.15, -0.1) is 0 Å². The van der Waals surface area contributed by atoms with Gasteiger partial charge in [0.25, 0.3) is 11.5 Å². The number of benzene rings is 1. The van der Waals surface area contributed by atoms with Crippen LogP contribution in [-0.4, -0.2) is 91.0 Å². The quantitative estimate of drug-likeness (QED) is 0.399. The molecule has 202 valence electrons. The van der Waals surface area contributed by atoms with Crippen molar-refractivity contribution in [3.8, 4) is 16.8 Å². The van der Waals surface area contributed by atoms with Gasteiger partial charge < -0.3 is 20.2 Å². The van der Waals surface area contributed by atoms with Crippen LogP contribution in [0.3, 0.4) is 0 Å². The largest absolute Gasteiger partial charge is 0.388 e. The number of rotatable bonds is 5. The molecule has 39 heavy (non-hydrogen) atoms.